The van der Waals surface area contributed by atoms with Crippen LogP contribution in [0.25, 0.3) is 0 Å². The number of ether oxygens (including phenoxy) is 2. The van der Waals surface area contributed by atoms with Gasteiger partial charge in [0.2, 0.25) is 0 Å². The zero-order valence-corrected chi connectivity index (χ0v) is 10.4. The van der Waals surface area contributed by atoms with Crippen molar-refractivity contribution in [3.63, 3.8) is 0 Å². The maximum atomic E-state index is 11.5. The Morgan fingerprint density at radius 3 is 2.62 bits per heavy atom. The number of aliphatic hydroxyl groups excluding tert-OH is 1. The molecule has 4 nitrogen and oxygen atoms in total. The molecule has 16 heavy (non-hydrogen) atoms. The second-order valence-electron chi connectivity index (χ2n) is 4.32. The van der Waals surface area contributed by atoms with E-state index in [0.717, 1.165) is 0 Å². The van der Waals surface area contributed by atoms with Crippen LogP contribution in [0.4, 0.5) is 0 Å². The topological polar surface area (TPSA) is 55.8 Å². The summed E-state index contributed by atoms with van der Waals surface area (Å²) in [6, 6.07) is 0. The Morgan fingerprint density at radius 2 is 2.12 bits per heavy atom. The van der Waals surface area contributed by atoms with Crippen molar-refractivity contribution in [2.24, 2.45) is 5.41 Å². The molecule has 0 saturated carbocycles. The van der Waals surface area contributed by atoms with Gasteiger partial charge in [0, 0.05) is 0 Å². The normalized spacial score (nSPS) is 13.2. The van der Waals surface area contributed by atoms with Crippen molar-refractivity contribution in [2.45, 2.75) is 33.3 Å². The summed E-state index contributed by atoms with van der Waals surface area (Å²) in [4.78, 5) is 11.5. The quantitative estimate of drug-likeness (QED) is 0.390. The highest BCUT2D eigenvalue weighted by Gasteiger charge is 2.27. The zero-order chi connectivity index (χ0) is 12.6. The van der Waals surface area contributed by atoms with Gasteiger partial charge >= 0.3 is 5.97 Å². The lowest BCUT2D eigenvalue weighted by atomic mass is 9.91. The van der Waals surface area contributed by atoms with E-state index in [2.05, 4.69) is 6.58 Å². The lowest BCUT2D eigenvalue weighted by Gasteiger charge is -2.21. The predicted octanol–water partition coefficient (Wildman–Crippen LogP) is 1.53. The largest absolute Gasteiger partial charge is 0.462 e. The summed E-state index contributed by atoms with van der Waals surface area (Å²) in [6.45, 7) is 9.53. The average molecular weight is 230 g/mol. The molecular formula is C12H22O4. The fourth-order valence-corrected chi connectivity index (χ4v) is 0.847. The Bertz CT molecular complexity index is 223. The molecule has 0 aliphatic carbocycles. The number of carbonyl (C=O) groups excluding carboxylic acids is 1. The maximum absolute atomic E-state index is 11.5. The maximum Gasteiger partial charge on any atom is 0.311 e. The Hall–Kier alpha value is -0.870. The molecular weight excluding hydrogens is 208 g/mol. The minimum absolute atomic E-state index is 0.0284. The number of hydrogen-bond acceptors (Lipinski definition) is 4. The first-order valence-electron chi connectivity index (χ1n) is 5.48. The van der Waals surface area contributed by atoms with Crippen molar-refractivity contribution >= 4 is 5.97 Å². The summed E-state index contributed by atoms with van der Waals surface area (Å²) in [5, 5.41) is 9.43. The van der Waals surface area contributed by atoms with Gasteiger partial charge in [0.15, 0.2) is 0 Å². The molecule has 0 aromatic rings. The first-order valence-corrected chi connectivity index (χ1v) is 5.48. The van der Waals surface area contributed by atoms with Crippen molar-refractivity contribution in [3.8, 4) is 0 Å². The molecule has 1 atom stereocenters. The van der Waals surface area contributed by atoms with Crippen LogP contribution < -0.4 is 0 Å². The Morgan fingerprint density at radius 1 is 1.50 bits per heavy atom. The molecule has 0 aliphatic heterocycles. The second-order valence-corrected chi connectivity index (χ2v) is 4.32. The van der Waals surface area contributed by atoms with Gasteiger partial charge in [-0.05, 0) is 20.3 Å². The molecule has 0 radical (unpaired) electrons. The molecule has 0 bridgehead atoms. The van der Waals surface area contributed by atoms with Crippen molar-refractivity contribution in [2.75, 3.05) is 19.8 Å². The first kappa shape index (κ1) is 15.1. The Labute approximate surface area is 97.2 Å². The van der Waals surface area contributed by atoms with E-state index in [-0.39, 0.29) is 19.2 Å². The number of rotatable bonds is 8. The number of aliphatic hydroxyl groups is 1. The van der Waals surface area contributed by atoms with Gasteiger partial charge in [-0.3, -0.25) is 4.79 Å². The molecule has 0 aliphatic rings. The predicted molar refractivity (Wildman–Crippen MR) is 62.1 cm³/mol. The van der Waals surface area contributed by atoms with Crippen molar-refractivity contribution < 1.29 is 19.4 Å². The molecule has 1 N–H and O–H groups in total. The number of hydrogen-bond donors (Lipinski definition) is 1. The first-order chi connectivity index (χ1) is 7.44. The smallest absolute Gasteiger partial charge is 0.311 e. The molecule has 1 unspecified atom stereocenters. The second kappa shape index (κ2) is 7.41. The third kappa shape index (κ3) is 5.88. The van der Waals surface area contributed by atoms with Gasteiger partial charge in [-0.1, -0.05) is 13.0 Å². The molecule has 0 rings (SSSR count). The summed E-state index contributed by atoms with van der Waals surface area (Å²) in [5.74, 6) is -0.294. The van der Waals surface area contributed by atoms with Crippen LogP contribution in [0.15, 0.2) is 12.7 Å². The van der Waals surface area contributed by atoms with E-state index in [1.165, 1.54) is 0 Å². The fraction of sp³-hybridized carbons (Fsp3) is 0.750. The van der Waals surface area contributed by atoms with E-state index in [1.54, 1.807) is 6.08 Å². The molecule has 0 aromatic carbocycles. The Kier molecular flexibility index (Phi) is 7.01. The van der Waals surface area contributed by atoms with E-state index < -0.39 is 11.5 Å². The van der Waals surface area contributed by atoms with Crippen LogP contribution in [-0.2, 0) is 14.3 Å². The van der Waals surface area contributed by atoms with E-state index in [9.17, 15) is 9.90 Å². The summed E-state index contributed by atoms with van der Waals surface area (Å²) >= 11 is 0. The van der Waals surface area contributed by atoms with Gasteiger partial charge in [-0.25, -0.2) is 0 Å². The molecule has 94 valence electrons. The van der Waals surface area contributed by atoms with Gasteiger partial charge in [-0.2, -0.15) is 0 Å². The molecule has 0 amide bonds. The molecule has 0 saturated heterocycles. The van der Waals surface area contributed by atoms with Crippen LogP contribution in [0.3, 0.4) is 0 Å². The van der Waals surface area contributed by atoms with Gasteiger partial charge in [0.1, 0.15) is 12.7 Å². The Balaban J connectivity index is 3.79. The molecule has 0 spiro atoms. The minimum Gasteiger partial charge on any atom is -0.462 e. The molecule has 0 aromatic heterocycles. The number of carbonyl (C=O) groups is 1. The highest BCUT2D eigenvalue weighted by Crippen LogP contribution is 2.21. The standard InChI is InChI=1S/C12H22O4/c1-5-7-15-8-10(13)9-16-11(14)12(3,4)6-2/h5,10,13H,1,6-9H2,2-4H3. The highest BCUT2D eigenvalue weighted by atomic mass is 16.5. The molecule has 0 fully saturated rings. The SMILES string of the molecule is C=CCOCC(O)COC(=O)C(C)(C)CC. The van der Waals surface area contributed by atoms with Crippen molar-refractivity contribution in [1.29, 1.82) is 0 Å². The third-order valence-electron chi connectivity index (χ3n) is 2.39. The lowest BCUT2D eigenvalue weighted by Crippen LogP contribution is -2.30. The van der Waals surface area contributed by atoms with Crippen LogP contribution >= 0.6 is 0 Å². The molecule has 0 heterocycles. The van der Waals surface area contributed by atoms with Crippen LogP contribution in [0, 0.1) is 5.41 Å². The summed E-state index contributed by atoms with van der Waals surface area (Å²) < 4.78 is 10.0. The van der Waals surface area contributed by atoms with E-state index in [1.807, 2.05) is 20.8 Å². The van der Waals surface area contributed by atoms with Crippen molar-refractivity contribution in [3.05, 3.63) is 12.7 Å². The summed E-state index contributed by atoms with van der Waals surface area (Å²) in [5.41, 5.74) is -0.498. The van der Waals surface area contributed by atoms with Gasteiger partial charge in [0.25, 0.3) is 0 Å². The third-order valence-corrected chi connectivity index (χ3v) is 2.39. The minimum atomic E-state index is -0.781. The van der Waals surface area contributed by atoms with Gasteiger partial charge in [-0.15, -0.1) is 6.58 Å². The zero-order valence-electron chi connectivity index (χ0n) is 10.4. The molecule has 4 heteroatoms. The van der Waals surface area contributed by atoms with Crippen LogP contribution in [-0.4, -0.2) is 37.0 Å². The average Bonchev–Trinajstić information content (AvgIpc) is 2.26. The van der Waals surface area contributed by atoms with Crippen LogP contribution in [0.2, 0.25) is 0 Å². The van der Waals surface area contributed by atoms with Gasteiger partial charge in [0.05, 0.1) is 18.6 Å². The fourth-order valence-electron chi connectivity index (χ4n) is 0.847. The van der Waals surface area contributed by atoms with E-state index in [4.69, 9.17) is 9.47 Å². The van der Waals surface area contributed by atoms with Crippen LogP contribution in [0.5, 0.6) is 0 Å². The summed E-state index contributed by atoms with van der Waals surface area (Å²) in [6.07, 6.45) is 1.52. The monoisotopic (exact) mass is 230 g/mol. The van der Waals surface area contributed by atoms with E-state index >= 15 is 0 Å². The van der Waals surface area contributed by atoms with Crippen LogP contribution in [0.1, 0.15) is 27.2 Å². The van der Waals surface area contributed by atoms with Crippen molar-refractivity contribution in [1.82, 2.24) is 0 Å². The van der Waals surface area contributed by atoms with E-state index in [0.29, 0.717) is 13.0 Å². The van der Waals surface area contributed by atoms with Gasteiger partial charge < -0.3 is 14.6 Å². The number of esters is 1. The summed E-state index contributed by atoms with van der Waals surface area (Å²) in [7, 11) is 0. The highest BCUT2D eigenvalue weighted by molar-refractivity contribution is 5.75. The lowest BCUT2D eigenvalue weighted by molar-refractivity contribution is -0.158.